The van der Waals surface area contributed by atoms with Gasteiger partial charge in [-0.2, -0.15) is 0 Å². The topological polar surface area (TPSA) is 69.3 Å². The van der Waals surface area contributed by atoms with E-state index in [9.17, 15) is 4.79 Å². The summed E-state index contributed by atoms with van der Waals surface area (Å²) in [4.78, 5) is 17.3. The summed E-state index contributed by atoms with van der Waals surface area (Å²) in [5, 5.41) is 4.02. The lowest BCUT2D eigenvalue weighted by atomic mass is 10.0. The van der Waals surface area contributed by atoms with Crippen molar-refractivity contribution in [2.75, 3.05) is 7.11 Å². The first-order valence-electron chi connectivity index (χ1n) is 9.01. The van der Waals surface area contributed by atoms with E-state index >= 15 is 0 Å². The van der Waals surface area contributed by atoms with Crippen molar-refractivity contribution in [3.05, 3.63) is 84.1 Å². The third-order valence-corrected chi connectivity index (χ3v) is 4.77. The average molecular weight is 375 g/mol. The molecule has 28 heavy (non-hydrogen) atoms. The molecule has 0 spiro atoms. The monoisotopic (exact) mass is 375 g/mol. The zero-order chi connectivity index (χ0) is 19.5. The normalized spacial score (nSPS) is 12.1. The first-order chi connectivity index (χ1) is 13.7. The number of carbonyl (C=O) groups excluding carboxylic acids is 1. The van der Waals surface area contributed by atoms with E-state index in [0.717, 1.165) is 28.1 Å². The molecule has 0 bridgehead atoms. The molecule has 0 aliphatic carbocycles. The van der Waals surface area contributed by atoms with Gasteiger partial charge < -0.3 is 19.0 Å². The van der Waals surface area contributed by atoms with Crippen LogP contribution >= 0.6 is 0 Å². The molecule has 4 aromatic rings. The quantitative estimate of drug-likeness (QED) is 0.559. The zero-order valence-electron chi connectivity index (χ0n) is 15.8. The van der Waals surface area contributed by atoms with Gasteiger partial charge >= 0.3 is 0 Å². The Hall–Kier alpha value is -3.54. The number of aromatic nitrogens is 2. The Kier molecular flexibility index (Phi) is 4.85. The molecule has 0 saturated carbocycles. The lowest BCUT2D eigenvalue weighted by Gasteiger charge is -2.19. The summed E-state index contributed by atoms with van der Waals surface area (Å²) in [5.74, 6) is 1.40. The van der Waals surface area contributed by atoms with Crippen molar-refractivity contribution >= 4 is 16.9 Å². The van der Waals surface area contributed by atoms with E-state index in [1.54, 1.807) is 19.6 Å². The van der Waals surface area contributed by atoms with Crippen LogP contribution in [0.1, 0.15) is 23.0 Å². The van der Waals surface area contributed by atoms with Crippen LogP contribution in [0, 0.1) is 0 Å². The maximum Gasteiger partial charge on any atom is 0.225 e. The predicted molar refractivity (Wildman–Crippen MR) is 106 cm³/mol. The number of fused-ring (bicyclic) bond motifs is 1. The van der Waals surface area contributed by atoms with Crippen molar-refractivity contribution in [2.45, 2.75) is 12.5 Å². The van der Waals surface area contributed by atoms with Gasteiger partial charge in [0.1, 0.15) is 23.2 Å². The first kappa shape index (κ1) is 17.9. The highest BCUT2D eigenvalue weighted by atomic mass is 16.5. The number of aryl methyl sites for hydroxylation is 1. The number of rotatable bonds is 6. The van der Waals surface area contributed by atoms with Gasteiger partial charge in [-0.25, -0.2) is 4.98 Å². The number of imidazole rings is 1. The Morgan fingerprint density at radius 3 is 2.79 bits per heavy atom. The van der Waals surface area contributed by atoms with Crippen molar-refractivity contribution < 1.29 is 13.9 Å². The van der Waals surface area contributed by atoms with Gasteiger partial charge in [0.15, 0.2) is 0 Å². The molecular weight excluding hydrogens is 354 g/mol. The summed E-state index contributed by atoms with van der Waals surface area (Å²) < 4.78 is 12.7. The number of nitrogens with one attached hydrogen (secondary N) is 1. The fourth-order valence-corrected chi connectivity index (χ4v) is 3.31. The van der Waals surface area contributed by atoms with Gasteiger partial charge in [0, 0.05) is 36.5 Å². The van der Waals surface area contributed by atoms with E-state index < -0.39 is 0 Å². The molecule has 1 N–H and O–H groups in total. The number of ether oxygens (including phenoxy) is 1. The van der Waals surface area contributed by atoms with Gasteiger partial charge in [-0.3, -0.25) is 4.79 Å². The van der Waals surface area contributed by atoms with E-state index in [4.69, 9.17) is 9.15 Å². The van der Waals surface area contributed by atoms with E-state index in [1.807, 2.05) is 66.3 Å². The van der Waals surface area contributed by atoms with Crippen LogP contribution in [0.5, 0.6) is 5.75 Å². The minimum atomic E-state index is -0.327. The zero-order valence-corrected chi connectivity index (χ0v) is 15.8. The second-order valence-corrected chi connectivity index (χ2v) is 6.61. The third kappa shape index (κ3) is 3.49. The molecule has 6 nitrogen and oxygen atoms in total. The summed E-state index contributed by atoms with van der Waals surface area (Å²) >= 11 is 0. The standard InChI is InChI=1S/C22H21N3O3/c1-25-11-10-23-22(25)21(15-6-4-3-5-7-15)24-20(26)12-16-14-28-19-13-17(27-2)8-9-18(16)19/h3-11,13-14,21H,12H2,1-2H3,(H,24,26)/t21-/m0/s1. The van der Waals surface area contributed by atoms with Gasteiger partial charge in [0.05, 0.1) is 19.8 Å². The minimum absolute atomic E-state index is 0.102. The SMILES string of the molecule is COc1ccc2c(CC(=O)N[C@@H](c3ccccc3)c3nccn3C)coc2c1. The molecule has 2 aromatic carbocycles. The van der Waals surface area contributed by atoms with Gasteiger partial charge in [0.2, 0.25) is 5.91 Å². The Morgan fingerprint density at radius 2 is 2.07 bits per heavy atom. The Morgan fingerprint density at radius 1 is 1.25 bits per heavy atom. The maximum atomic E-state index is 12.9. The first-order valence-corrected chi connectivity index (χ1v) is 9.01. The third-order valence-electron chi connectivity index (χ3n) is 4.77. The Labute approximate surface area is 162 Å². The van der Waals surface area contributed by atoms with Crippen molar-refractivity contribution in [3.63, 3.8) is 0 Å². The van der Waals surface area contributed by atoms with E-state index in [-0.39, 0.29) is 18.4 Å². The van der Waals surface area contributed by atoms with Crippen LogP contribution in [0.3, 0.4) is 0 Å². The van der Waals surface area contributed by atoms with Crippen LogP contribution in [-0.4, -0.2) is 22.6 Å². The molecule has 0 aliphatic rings. The number of hydrogen-bond donors (Lipinski definition) is 1. The Balaban J connectivity index is 1.58. The fraction of sp³-hybridized carbons (Fsp3) is 0.182. The number of hydrogen-bond acceptors (Lipinski definition) is 4. The second-order valence-electron chi connectivity index (χ2n) is 6.61. The van der Waals surface area contributed by atoms with Crippen LogP contribution in [0.15, 0.2) is 71.6 Å². The molecular formula is C22H21N3O3. The maximum absolute atomic E-state index is 12.9. The molecule has 0 aliphatic heterocycles. The summed E-state index contributed by atoms with van der Waals surface area (Å²) in [7, 11) is 3.53. The van der Waals surface area contributed by atoms with Crippen molar-refractivity contribution in [1.82, 2.24) is 14.9 Å². The summed E-state index contributed by atoms with van der Waals surface area (Å²) in [6.45, 7) is 0. The lowest BCUT2D eigenvalue weighted by Crippen LogP contribution is -2.32. The summed E-state index contributed by atoms with van der Waals surface area (Å²) in [6, 6.07) is 15.1. The van der Waals surface area contributed by atoms with E-state index in [0.29, 0.717) is 5.58 Å². The molecule has 2 aromatic heterocycles. The van der Waals surface area contributed by atoms with Crippen LogP contribution in [0.25, 0.3) is 11.0 Å². The number of methoxy groups -OCH3 is 1. The highest BCUT2D eigenvalue weighted by Crippen LogP contribution is 2.26. The van der Waals surface area contributed by atoms with Crippen molar-refractivity contribution in [1.29, 1.82) is 0 Å². The van der Waals surface area contributed by atoms with E-state index in [2.05, 4.69) is 10.3 Å². The highest BCUT2D eigenvalue weighted by Gasteiger charge is 2.21. The van der Waals surface area contributed by atoms with Crippen molar-refractivity contribution in [3.8, 4) is 5.75 Å². The number of nitrogens with zero attached hydrogens (tertiary/aromatic N) is 2. The molecule has 2 heterocycles. The molecule has 0 unspecified atom stereocenters. The average Bonchev–Trinajstić information content (AvgIpc) is 3.32. The number of furan rings is 1. The number of benzene rings is 2. The smallest absolute Gasteiger partial charge is 0.225 e. The second kappa shape index (κ2) is 7.60. The summed E-state index contributed by atoms with van der Waals surface area (Å²) in [5.41, 5.74) is 2.51. The van der Waals surface area contributed by atoms with Crippen LogP contribution in [-0.2, 0) is 18.3 Å². The molecule has 4 rings (SSSR count). The van der Waals surface area contributed by atoms with Gasteiger partial charge in [-0.05, 0) is 17.7 Å². The Bertz CT molecular complexity index is 1100. The molecule has 1 amide bonds. The number of amides is 1. The number of carbonyl (C=O) groups is 1. The predicted octanol–water partition coefficient (Wildman–Crippen LogP) is 3.62. The molecule has 0 saturated heterocycles. The molecule has 142 valence electrons. The fourth-order valence-electron chi connectivity index (χ4n) is 3.31. The van der Waals surface area contributed by atoms with Crippen LogP contribution in [0.2, 0.25) is 0 Å². The molecule has 1 atom stereocenters. The van der Waals surface area contributed by atoms with Crippen molar-refractivity contribution in [2.24, 2.45) is 7.05 Å². The largest absolute Gasteiger partial charge is 0.497 e. The molecule has 6 heteroatoms. The van der Waals surface area contributed by atoms with Gasteiger partial charge in [0.25, 0.3) is 0 Å². The minimum Gasteiger partial charge on any atom is -0.497 e. The van der Waals surface area contributed by atoms with Crippen LogP contribution < -0.4 is 10.1 Å². The van der Waals surface area contributed by atoms with Gasteiger partial charge in [-0.15, -0.1) is 0 Å². The lowest BCUT2D eigenvalue weighted by molar-refractivity contribution is -0.121. The van der Waals surface area contributed by atoms with Gasteiger partial charge in [-0.1, -0.05) is 30.3 Å². The summed E-state index contributed by atoms with van der Waals surface area (Å²) in [6.07, 6.45) is 5.44. The highest BCUT2D eigenvalue weighted by molar-refractivity contribution is 5.88. The van der Waals surface area contributed by atoms with Crippen LogP contribution in [0.4, 0.5) is 0 Å². The molecule has 0 radical (unpaired) electrons. The van der Waals surface area contributed by atoms with E-state index in [1.165, 1.54) is 0 Å². The molecule has 0 fully saturated rings.